The highest BCUT2D eigenvalue weighted by Crippen LogP contribution is 2.10. The maximum absolute atomic E-state index is 13.0. The minimum Gasteiger partial charge on any atom is -0.478 e. The van der Waals surface area contributed by atoms with Crippen molar-refractivity contribution in [2.24, 2.45) is 0 Å². The molecule has 1 aromatic heterocycles. The molecule has 4 nitrogen and oxygen atoms in total. The number of aromatic nitrogens is 2. The van der Waals surface area contributed by atoms with Crippen LogP contribution in [0.4, 0.5) is 4.39 Å². The van der Waals surface area contributed by atoms with Gasteiger partial charge in [0.2, 0.25) is 0 Å². The van der Waals surface area contributed by atoms with E-state index in [-0.39, 0.29) is 11.4 Å². The van der Waals surface area contributed by atoms with Gasteiger partial charge >= 0.3 is 5.97 Å². The molecular weight excluding hydrogens is 235 g/mol. The smallest absolute Gasteiger partial charge is 0.339 e. The fourth-order valence-corrected chi connectivity index (χ4v) is 1.64. The summed E-state index contributed by atoms with van der Waals surface area (Å²) in [6.07, 6.45) is 1.65. The number of aromatic carboxylic acids is 1. The molecule has 18 heavy (non-hydrogen) atoms. The molecule has 0 spiro atoms. The number of carboxylic acids is 1. The van der Waals surface area contributed by atoms with Crippen molar-refractivity contribution in [3.63, 3.8) is 0 Å². The van der Waals surface area contributed by atoms with E-state index in [0.29, 0.717) is 17.9 Å². The Hall–Kier alpha value is -2.30. The second-order valence-electron chi connectivity index (χ2n) is 3.90. The molecule has 0 atom stereocenters. The van der Waals surface area contributed by atoms with Gasteiger partial charge in [0, 0.05) is 12.6 Å². The van der Waals surface area contributed by atoms with Crippen LogP contribution in [0.1, 0.15) is 27.4 Å². The first-order valence-corrected chi connectivity index (χ1v) is 5.36. The van der Waals surface area contributed by atoms with E-state index >= 15 is 0 Å². The molecule has 0 fully saturated rings. The van der Waals surface area contributed by atoms with Crippen molar-refractivity contribution in [1.82, 2.24) is 9.97 Å². The topological polar surface area (TPSA) is 63.1 Å². The lowest BCUT2D eigenvalue weighted by atomic mass is 10.1. The van der Waals surface area contributed by atoms with E-state index in [1.165, 1.54) is 18.3 Å². The van der Waals surface area contributed by atoms with Crippen molar-refractivity contribution < 1.29 is 14.3 Å². The quantitative estimate of drug-likeness (QED) is 0.901. The lowest BCUT2D eigenvalue weighted by Crippen LogP contribution is -2.06. The fourth-order valence-electron chi connectivity index (χ4n) is 1.64. The summed E-state index contributed by atoms with van der Waals surface area (Å²) in [5.41, 5.74) is 1.24. The van der Waals surface area contributed by atoms with Gasteiger partial charge in [-0.2, -0.15) is 0 Å². The zero-order valence-corrected chi connectivity index (χ0v) is 9.72. The summed E-state index contributed by atoms with van der Waals surface area (Å²) in [5, 5.41) is 8.85. The van der Waals surface area contributed by atoms with Gasteiger partial charge in [-0.25, -0.2) is 19.2 Å². The molecule has 5 heteroatoms. The van der Waals surface area contributed by atoms with E-state index in [2.05, 4.69) is 9.97 Å². The summed E-state index contributed by atoms with van der Waals surface area (Å²) >= 11 is 0. The van der Waals surface area contributed by atoms with Gasteiger partial charge in [0.05, 0.1) is 11.3 Å². The van der Waals surface area contributed by atoms with E-state index in [0.717, 1.165) is 5.56 Å². The third-order valence-electron chi connectivity index (χ3n) is 2.51. The van der Waals surface area contributed by atoms with Crippen LogP contribution in [0.5, 0.6) is 0 Å². The van der Waals surface area contributed by atoms with E-state index in [4.69, 9.17) is 5.11 Å². The van der Waals surface area contributed by atoms with Crippen molar-refractivity contribution in [2.75, 3.05) is 0 Å². The zero-order chi connectivity index (χ0) is 13.1. The molecule has 0 bridgehead atoms. The summed E-state index contributed by atoms with van der Waals surface area (Å²) in [7, 11) is 0. The third-order valence-corrected chi connectivity index (χ3v) is 2.51. The number of aryl methyl sites for hydroxylation is 1. The predicted molar refractivity (Wildman–Crippen MR) is 62.9 cm³/mol. The Morgan fingerprint density at radius 3 is 2.83 bits per heavy atom. The average molecular weight is 246 g/mol. The molecule has 0 aliphatic heterocycles. The molecule has 2 rings (SSSR count). The maximum Gasteiger partial charge on any atom is 0.339 e. The van der Waals surface area contributed by atoms with Gasteiger partial charge in [-0.15, -0.1) is 0 Å². The van der Waals surface area contributed by atoms with Crippen molar-refractivity contribution in [1.29, 1.82) is 0 Å². The normalized spacial score (nSPS) is 10.3. The maximum atomic E-state index is 13.0. The van der Waals surface area contributed by atoms with Crippen LogP contribution in [0.3, 0.4) is 0 Å². The molecule has 1 heterocycles. The molecule has 1 N–H and O–H groups in total. The molecule has 0 unspecified atom stereocenters. The minimum atomic E-state index is -1.05. The Kier molecular flexibility index (Phi) is 3.32. The lowest BCUT2D eigenvalue weighted by molar-refractivity contribution is 0.0695. The van der Waals surface area contributed by atoms with Gasteiger partial charge in [-0.3, -0.25) is 0 Å². The van der Waals surface area contributed by atoms with Crippen LogP contribution in [-0.2, 0) is 6.42 Å². The van der Waals surface area contributed by atoms with Crippen LogP contribution >= 0.6 is 0 Å². The molecule has 2 aromatic rings. The van der Waals surface area contributed by atoms with E-state index < -0.39 is 5.97 Å². The first-order valence-electron chi connectivity index (χ1n) is 5.36. The van der Waals surface area contributed by atoms with Crippen LogP contribution in [0.2, 0.25) is 0 Å². The third kappa shape index (κ3) is 2.68. The molecule has 0 radical (unpaired) electrons. The molecule has 1 aromatic carbocycles. The Bertz CT molecular complexity index is 599. The fraction of sp³-hybridized carbons (Fsp3) is 0.154. The first kappa shape index (κ1) is 12.2. The first-order chi connectivity index (χ1) is 8.56. The summed E-state index contributed by atoms with van der Waals surface area (Å²) < 4.78 is 13.0. The highest BCUT2D eigenvalue weighted by atomic mass is 19.1. The van der Waals surface area contributed by atoms with Crippen molar-refractivity contribution in [3.8, 4) is 0 Å². The van der Waals surface area contributed by atoms with E-state index in [1.54, 1.807) is 19.1 Å². The number of rotatable bonds is 3. The van der Waals surface area contributed by atoms with Crippen LogP contribution in [0.25, 0.3) is 0 Å². The Balaban J connectivity index is 2.25. The number of halogens is 1. The summed E-state index contributed by atoms with van der Waals surface area (Å²) in [4.78, 5) is 18.9. The van der Waals surface area contributed by atoms with E-state index in [1.807, 2.05) is 0 Å². The minimum absolute atomic E-state index is 0.0815. The number of hydrogen-bond donors (Lipinski definition) is 1. The van der Waals surface area contributed by atoms with Gasteiger partial charge in [-0.1, -0.05) is 12.1 Å². The van der Waals surface area contributed by atoms with Crippen molar-refractivity contribution >= 4 is 5.97 Å². The predicted octanol–water partition coefficient (Wildman–Crippen LogP) is 2.21. The van der Waals surface area contributed by atoms with Crippen LogP contribution in [-0.4, -0.2) is 21.0 Å². The summed E-state index contributed by atoms with van der Waals surface area (Å²) in [6.45, 7) is 1.61. The molecule has 92 valence electrons. The Morgan fingerprint density at radius 2 is 2.22 bits per heavy atom. The van der Waals surface area contributed by atoms with Gasteiger partial charge in [0.15, 0.2) is 0 Å². The Labute approximate surface area is 103 Å². The van der Waals surface area contributed by atoms with Crippen molar-refractivity contribution in [2.45, 2.75) is 13.3 Å². The molecule has 0 saturated heterocycles. The molecular formula is C13H11FN2O2. The second kappa shape index (κ2) is 4.91. The average Bonchev–Trinajstić information content (AvgIpc) is 2.28. The van der Waals surface area contributed by atoms with Gasteiger partial charge < -0.3 is 5.11 Å². The number of hydrogen-bond acceptors (Lipinski definition) is 3. The summed E-state index contributed by atoms with van der Waals surface area (Å²) in [5.74, 6) is -0.890. The standard InChI is InChI=1S/C13H11FN2O2/c1-8-11(13(17)18)7-15-12(16-8)6-9-3-2-4-10(14)5-9/h2-5,7H,6H2,1H3,(H,17,18). The second-order valence-corrected chi connectivity index (χ2v) is 3.90. The number of carboxylic acid groups (broad SMARTS) is 1. The molecule has 0 aliphatic rings. The number of carbonyl (C=O) groups is 1. The van der Waals surface area contributed by atoms with Crippen LogP contribution in [0.15, 0.2) is 30.5 Å². The van der Waals surface area contributed by atoms with Gasteiger partial charge in [0.25, 0.3) is 0 Å². The largest absolute Gasteiger partial charge is 0.478 e. The van der Waals surface area contributed by atoms with Gasteiger partial charge in [0.1, 0.15) is 11.6 Å². The van der Waals surface area contributed by atoms with Gasteiger partial charge in [-0.05, 0) is 24.6 Å². The SMILES string of the molecule is Cc1nc(Cc2cccc(F)c2)ncc1C(=O)O. The van der Waals surface area contributed by atoms with Crippen LogP contribution < -0.4 is 0 Å². The molecule has 0 amide bonds. The monoisotopic (exact) mass is 246 g/mol. The molecule has 0 saturated carbocycles. The van der Waals surface area contributed by atoms with E-state index in [9.17, 15) is 9.18 Å². The lowest BCUT2D eigenvalue weighted by Gasteiger charge is -2.04. The molecule has 0 aliphatic carbocycles. The highest BCUT2D eigenvalue weighted by molar-refractivity contribution is 5.88. The summed E-state index contributed by atoms with van der Waals surface area (Å²) in [6, 6.07) is 6.16. The Morgan fingerprint density at radius 1 is 1.44 bits per heavy atom. The highest BCUT2D eigenvalue weighted by Gasteiger charge is 2.10. The van der Waals surface area contributed by atoms with Crippen LogP contribution in [0, 0.1) is 12.7 Å². The zero-order valence-electron chi connectivity index (χ0n) is 9.72. The van der Waals surface area contributed by atoms with Crippen molar-refractivity contribution in [3.05, 3.63) is 58.9 Å². The number of nitrogens with zero attached hydrogens (tertiary/aromatic N) is 2. The number of benzene rings is 1.